The molecule has 1 amide bonds. The number of carbonyl (C=O) groups is 1. The molecule has 6 nitrogen and oxygen atoms in total. The van der Waals surface area contributed by atoms with Crippen molar-refractivity contribution in [1.82, 2.24) is 15.0 Å². The van der Waals surface area contributed by atoms with E-state index in [2.05, 4.69) is 17.1 Å². The van der Waals surface area contributed by atoms with Gasteiger partial charge in [0.15, 0.2) is 0 Å². The fourth-order valence-electron chi connectivity index (χ4n) is 3.64. The molecule has 1 aliphatic heterocycles. The maximum Gasteiger partial charge on any atom is 0.259 e. The summed E-state index contributed by atoms with van der Waals surface area (Å²) in [4.78, 5) is 19.7. The molecule has 1 saturated heterocycles. The standard InChI is InChI=1S/C18H23N3O3/c1-10-3-4-12(9-22)8-21(10)18(23)14-7-15(13-5-6-13)19-17-16(14)11(2)20-24-17/h7,10,12-13,22H,3-6,8-9H2,1-2H3. The van der Waals surface area contributed by atoms with Crippen LogP contribution in [0, 0.1) is 12.8 Å². The van der Waals surface area contributed by atoms with Crippen LogP contribution in [0.2, 0.25) is 0 Å². The number of aliphatic hydroxyl groups excluding tert-OH is 1. The topological polar surface area (TPSA) is 79.5 Å². The number of carbonyl (C=O) groups excluding carboxylic acids is 1. The van der Waals surface area contributed by atoms with Crippen LogP contribution < -0.4 is 0 Å². The van der Waals surface area contributed by atoms with E-state index in [1.807, 2.05) is 17.9 Å². The van der Waals surface area contributed by atoms with E-state index >= 15 is 0 Å². The van der Waals surface area contributed by atoms with Crippen molar-refractivity contribution >= 4 is 17.0 Å². The highest BCUT2D eigenvalue weighted by molar-refractivity contribution is 6.06. The highest BCUT2D eigenvalue weighted by atomic mass is 16.5. The first-order valence-corrected chi connectivity index (χ1v) is 8.77. The highest BCUT2D eigenvalue weighted by Gasteiger charge is 2.33. The normalized spacial score (nSPS) is 24.5. The molecule has 24 heavy (non-hydrogen) atoms. The van der Waals surface area contributed by atoms with Gasteiger partial charge < -0.3 is 14.5 Å². The number of nitrogens with zero attached hydrogens (tertiary/aromatic N) is 3. The number of pyridine rings is 1. The number of aromatic nitrogens is 2. The number of hydrogen-bond acceptors (Lipinski definition) is 5. The first-order valence-electron chi connectivity index (χ1n) is 8.77. The van der Waals surface area contributed by atoms with Crippen LogP contribution in [0.5, 0.6) is 0 Å². The average molecular weight is 329 g/mol. The summed E-state index contributed by atoms with van der Waals surface area (Å²) in [6, 6.07) is 2.11. The van der Waals surface area contributed by atoms with Crippen LogP contribution in [0.15, 0.2) is 10.6 Å². The summed E-state index contributed by atoms with van der Waals surface area (Å²) in [5.41, 5.74) is 2.74. The van der Waals surface area contributed by atoms with Crippen molar-refractivity contribution in [3.05, 3.63) is 23.0 Å². The summed E-state index contributed by atoms with van der Waals surface area (Å²) in [5, 5.41) is 14.2. The van der Waals surface area contributed by atoms with E-state index in [4.69, 9.17) is 4.52 Å². The van der Waals surface area contributed by atoms with E-state index < -0.39 is 0 Å². The van der Waals surface area contributed by atoms with Crippen LogP contribution in [0.4, 0.5) is 0 Å². The van der Waals surface area contributed by atoms with Crippen LogP contribution in [-0.4, -0.2) is 45.2 Å². The molecule has 1 aliphatic carbocycles. The van der Waals surface area contributed by atoms with Gasteiger partial charge in [-0.25, -0.2) is 4.98 Å². The van der Waals surface area contributed by atoms with Gasteiger partial charge in [0.2, 0.25) is 0 Å². The Morgan fingerprint density at radius 1 is 1.38 bits per heavy atom. The van der Waals surface area contributed by atoms with E-state index in [0.29, 0.717) is 29.4 Å². The fourth-order valence-corrected chi connectivity index (χ4v) is 3.64. The van der Waals surface area contributed by atoms with E-state index in [1.165, 1.54) is 0 Å². The Labute approximate surface area is 140 Å². The van der Waals surface area contributed by atoms with Crippen molar-refractivity contribution in [2.45, 2.75) is 51.5 Å². The van der Waals surface area contributed by atoms with Crippen LogP contribution >= 0.6 is 0 Å². The smallest absolute Gasteiger partial charge is 0.259 e. The Morgan fingerprint density at radius 2 is 2.17 bits per heavy atom. The molecule has 2 fully saturated rings. The minimum absolute atomic E-state index is 0.00116. The molecule has 0 radical (unpaired) electrons. The molecule has 2 aliphatic rings. The van der Waals surface area contributed by atoms with E-state index in [-0.39, 0.29) is 24.5 Å². The predicted molar refractivity (Wildman–Crippen MR) is 88.8 cm³/mol. The summed E-state index contributed by atoms with van der Waals surface area (Å²) in [5.74, 6) is 0.602. The maximum atomic E-state index is 13.3. The lowest BCUT2D eigenvalue weighted by molar-refractivity contribution is 0.0490. The van der Waals surface area contributed by atoms with Crippen molar-refractivity contribution in [3.63, 3.8) is 0 Å². The molecular weight excluding hydrogens is 306 g/mol. The molecule has 0 bridgehead atoms. The molecule has 2 unspecified atom stereocenters. The monoisotopic (exact) mass is 329 g/mol. The van der Waals surface area contributed by atoms with Gasteiger partial charge in [0.25, 0.3) is 11.6 Å². The van der Waals surface area contributed by atoms with Crippen molar-refractivity contribution in [2.24, 2.45) is 5.92 Å². The molecule has 128 valence electrons. The largest absolute Gasteiger partial charge is 0.396 e. The third-order valence-corrected chi connectivity index (χ3v) is 5.36. The second-order valence-electron chi connectivity index (χ2n) is 7.25. The zero-order valence-corrected chi connectivity index (χ0v) is 14.2. The second-order valence-corrected chi connectivity index (χ2v) is 7.25. The van der Waals surface area contributed by atoms with Gasteiger partial charge in [-0.1, -0.05) is 5.16 Å². The number of likely N-dealkylation sites (tertiary alicyclic amines) is 1. The van der Waals surface area contributed by atoms with Gasteiger partial charge in [0, 0.05) is 30.8 Å². The molecule has 2 aromatic rings. The van der Waals surface area contributed by atoms with Gasteiger partial charge in [-0.15, -0.1) is 0 Å². The van der Waals surface area contributed by atoms with Crippen LogP contribution in [0.25, 0.3) is 11.1 Å². The third-order valence-electron chi connectivity index (χ3n) is 5.36. The average Bonchev–Trinajstić information content (AvgIpc) is 3.38. The molecule has 0 aromatic carbocycles. The van der Waals surface area contributed by atoms with Gasteiger partial charge in [-0.2, -0.15) is 0 Å². The summed E-state index contributed by atoms with van der Waals surface area (Å²) < 4.78 is 5.34. The lowest BCUT2D eigenvalue weighted by Gasteiger charge is -2.37. The lowest BCUT2D eigenvalue weighted by Crippen LogP contribution is -2.46. The molecule has 0 spiro atoms. The van der Waals surface area contributed by atoms with Gasteiger partial charge in [-0.05, 0) is 51.5 Å². The highest BCUT2D eigenvalue weighted by Crippen LogP contribution is 2.41. The molecule has 2 aromatic heterocycles. The van der Waals surface area contributed by atoms with Crippen LogP contribution in [-0.2, 0) is 0 Å². The quantitative estimate of drug-likeness (QED) is 0.936. The molecule has 3 heterocycles. The first-order chi connectivity index (χ1) is 11.6. The SMILES string of the molecule is Cc1noc2nc(C3CC3)cc(C(=O)N3CC(CO)CCC3C)c12. The number of aliphatic hydroxyl groups is 1. The van der Waals surface area contributed by atoms with Gasteiger partial charge >= 0.3 is 0 Å². The minimum atomic E-state index is 0.00116. The van der Waals surface area contributed by atoms with Crippen molar-refractivity contribution in [2.75, 3.05) is 13.2 Å². The summed E-state index contributed by atoms with van der Waals surface area (Å²) in [6.07, 6.45) is 4.12. The first kappa shape index (κ1) is 15.6. The Hall–Kier alpha value is -1.95. The van der Waals surface area contributed by atoms with E-state index in [9.17, 15) is 9.90 Å². The lowest BCUT2D eigenvalue weighted by atomic mass is 9.93. The fraction of sp³-hybridized carbons (Fsp3) is 0.611. The zero-order chi connectivity index (χ0) is 16.8. The minimum Gasteiger partial charge on any atom is -0.396 e. The molecule has 6 heteroatoms. The van der Waals surface area contributed by atoms with Crippen molar-refractivity contribution < 1.29 is 14.4 Å². The van der Waals surface area contributed by atoms with Gasteiger partial charge in [0.05, 0.1) is 16.6 Å². The van der Waals surface area contributed by atoms with Crippen molar-refractivity contribution in [1.29, 1.82) is 0 Å². The summed E-state index contributed by atoms with van der Waals surface area (Å²) >= 11 is 0. The number of amides is 1. The number of rotatable bonds is 3. The summed E-state index contributed by atoms with van der Waals surface area (Å²) in [7, 11) is 0. The molecule has 2 atom stereocenters. The second kappa shape index (κ2) is 5.84. The number of hydrogen-bond donors (Lipinski definition) is 1. The molecule has 4 rings (SSSR count). The number of aryl methyl sites for hydroxylation is 1. The number of fused-ring (bicyclic) bond motifs is 1. The summed E-state index contributed by atoms with van der Waals surface area (Å²) in [6.45, 7) is 4.65. The van der Waals surface area contributed by atoms with Crippen LogP contribution in [0.3, 0.4) is 0 Å². The van der Waals surface area contributed by atoms with E-state index in [1.54, 1.807) is 0 Å². The Kier molecular flexibility index (Phi) is 3.79. The Bertz CT molecular complexity index is 781. The maximum absolute atomic E-state index is 13.3. The molecule has 1 saturated carbocycles. The van der Waals surface area contributed by atoms with E-state index in [0.717, 1.165) is 36.8 Å². The Balaban J connectivity index is 1.76. The van der Waals surface area contributed by atoms with Gasteiger partial charge in [-0.3, -0.25) is 4.79 Å². The predicted octanol–water partition coefficient (Wildman–Crippen LogP) is 2.64. The third kappa shape index (κ3) is 2.59. The molecular formula is C18H23N3O3. The van der Waals surface area contributed by atoms with Crippen LogP contribution in [0.1, 0.15) is 60.3 Å². The molecule has 1 N–H and O–H groups in total. The van der Waals surface area contributed by atoms with Crippen molar-refractivity contribution in [3.8, 4) is 0 Å². The number of piperidine rings is 1. The zero-order valence-electron chi connectivity index (χ0n) is 14.2. The Morgan fingerprint density at radius 3 is 2.88 bits per heavy atom. The van der Waals surface area contributed by atoms with Gasteiger partial charge in [0.1, 0.15) is 0 Å².